The average Bonchev–Trinajstić information content (AvgIpc) is 3.19. The maximum Gasteiger partial charge on any atom is 0.239 e. The van der Waals surface area contributed by atoms with E-state index in [0.29, 0.717) is 22.8 Å². The number of anilines is 4. The third kappa shape index (κ3) is 3.96. The monoisotopic (exact) mass is 423 g/mol. The summed E-state index contributed by atoms with van der Waals surface area (Å²) in [6.45, 7) is 0. The van der Waals surface area contributed by atoms with E-state index in [9.17, 15) is 4.79 Å². The second kappa shape index (κ2) is 8.26. The number of carbonyl (C=O) groups excluding carboxylic acids is 1. The first-order chi connectivity index (χ1) is 14.6. The number of fused-ring (bicyclic) bond motifs is 1. The molecule has 0 saturated carbocycles. The Morgan fingerprint density at radius 2 is 1.97 bits per heavy atom. The number of aromatic nitrogens is 4. The van der Waals surface area contributed by atoms with Crippen LogP contribution in [0.5, 0.6) is 5.75 Å². The zero-order valence-corrected chi connectivity index (χ0v) is 16.7. The van der Waals surface area contributed by atoms with Crippen LogP contribution in [0.4, 0.5) is 23.1 Å². The highest BCUT2D eigenvalue weighted by atomic mass is 35.5. The highest BCUT2D eigenvalue weighted by Crippen LogP contribution is 2.25. The van der Waals surface area contributed by atoms with Crippen molar-refractivity contribution in [1.29, 1.82) is 0 Å². The van der Waals surface area contributed by atoms with Crippen molar-refractivity contribution < 1.29 is 9.53 Å². The Bertz CT molecular complexity index is 1210. The number of rotatable bonds is 6. The highest BCUT2D eigenvalue weighted by molar-refractivity contribution is 6.29. The largest absolute Gasteiger partial charge is 0.497 e. The van der Waals surface area contributed by atoms with Crippen molar-refractivity contribution in [2.45, 2.75) is 0 Å². The normalized spacial score (nSPS) is 10.7. The van der Waals surface area contributed by atoms with E-state index in [0.717, 1.165) is 17.1 Å². The molecule has 0 unspecified atom stereocenters. The zero-order chi connectivity index (χ0) is 21.1. The van der Waals surface area contributed by atoms with E-state index in [1.54, 1.807) is 30.1 Å². The van der Waals surface area contributed by atoms with Crippen molar-refractivity contribution in [3.8, 4) is 11.4 Å². The molecule has 2 aromatic carbocycles. The van der Waals surface area contributed by atoms with Gasteiger partial charge >= 0.3 is 0 Å². The first-order valence-corrected chi connectivity index (χ1v) is 9.48. The third-order valence-corrected chi connectivity index (χ3v) is 4.54. The van der Waals surface area contributed by atoms with E-state index < -0.39 is 0 Å². The van der Waals surface area contributed by atoms with Crippen molar-refractivity contribution in [3.63, 3.8) is 0 Å². The molecule has 0 spiro atoms. The number of ether oxygens (including phenoxy) is 1. The Morgan fingerprint density at radius 3 is 2.70 bits per heavy atom. The number of hydrogen-bond acceptors (Lipinski definition) is 7. The molecule has 0 aliphatic carbocycles. The van der Waals surface area contributed by atoms with Crippen molar-refractivity contribution >= 4 is 51.8 Å². The Morgan fingerprint density at radius 1 is 1.17 bits per heavy atom. The first kappa shape index (κ1) is 19.5. The third-order valence-electron chi connectivity index (χ3n) is 4.30. The van der Waals surface area contributed by atoms with Gasteiger partial charge in [-0.1, -0.05) is 6.07 Å². The molecule has 0 fully saturated rings. The lowest BCUT2D eigenvalue weighted by Gasteiger charge is -2.10. The molecule has 2 heterocycles. The minimum absolute atomic E-state index is 0.123. The van der Waals surface area contributed by atoms with Gasteiger partial charge in [-0.3, -0.25) is 9.36 Å². The van der Waals surface area contributed by atoms with Gasteiger partial charge in [-0.2, -0.15) is 9.97 Å². The van der Waals surface area contributed by atoms with Crippen LogP contribution >= 0.6 is 11.6 Å². The lowest BCUT2D eigenvalue weighted by atomic mass is 10.2. The molecule has 4 N–H and O–H groups in total. The molecule has 4 rings (SSSR count). The lowest BCUT2D eigenvalue weighted by molar-refractivity contribution is -0.113. The number of nitrogens with zero attached hydrogens (tertiary/aromatic N) is 4. The lowest BCUT2D eigenvalue weighted by Crippen LogP contribution is -2.12. The molecule has 0 radical (unpaired) electrons. The molecular weight excluding hydrogens is 406 g/mol. The average molecular weight is 424 g/mol. The molecule has 2 aromatic heterocycles. The van der Waals surface area contributed by atoms with Crippen molar-refractivity contribution in [2.75, 3.05) is 29.4 Å². The topological polar surface area (TPSA) is 120 Å². The number of nitrogen functional groups attached to an aromatic ring is 1. The second-order valence-corrected chi connectivity index (χ2v) is 6.57. The highest BCUT2D eigenvalue weighted by Gasteiger charge is 2.13. The summed E-state index contributed by atoms with van der Waals surface area (Å²) in [6, 6.07) is 14.6. The van der Waals surface area contributed by atoms with Crippen LogP contribution in [0.25, 0.3) is 16.9 Å². The van der Waals surface area contributed by atoms with Crippen LogP contribution in [0.15, 0.2) is 54.9 Å². The Balaban J connectivity index is 1.70. The van der Waals surface area contributed by atoms with E-state index >= 15 is 0 Å². The standard InChI is InChI=1S/C20H18ClN7O2/c1-30-15-7-5-12(6-8-15)25-20-26-18(22)17-19(27-20)28(11-23-17)14-4-2-3-13(9-14)24-16(29)10-21/h2-9,11H,10H2,1H3,(H,24,29)(H3,22,25,26,27). The fraction of sp³-hybridized carbons (Fsp3) is 0.100. The first-order valence-electron chi connectivity index (χ1n) is 8.95. The van der Waals surface area contributed by atoms with Gasteiger partial charge in [-0.25, -0.2) is 4.98 Å². The molecule has 0 saturated heterocycles. The zero-order valence-electron chi connectivity index (χ0n) is 16.0. The van der Waals surface area contributed by atoms with Crippen molar-refractivity contribution in [1.82, 2.24) is 19.5 Å². The summed E-state index contributed by atoms with van der Waals surface area (Å²) in [7, 11) is 1.61. The predicted octanol–water partition coefficient (Wildman–Crippen LogP) is 3.33. The maximum atomic E-state index is 11.6. The van der Waals surface area contributed by atoms with E-state index in [1.165, 1.54) is 0 Å². The van der Waals surface area contributed by atoms with E-state index in [4.69, 9.17) is 22.1 Å². The molecule has 9 nitrogen and oxygen atoms in total. The van der Waals surface area contributed by atoms with E-state index in [-0.39, 0.29) is 17.6 Å². The summed E-state index contributed by atoms with van der Waals surface area (Å²) in [5.74, 6) is 0.917. The molecule has 0 aliphatic rings. The van der Waals surface area contributed by atoms with Crippen molar-refractivity contribution in [3.05, 3.63) is 54.9 Å². The van der Waals surface area contributed by atoms with Gasteiger partial charge in [0.05, 0.1) is 12.8 Å². The van der Waals surface area contributed by atoms with Gasteiger partial charge < -0.3 is 21.1 Å². The number of benzene rings is 2. The Labute approximate surface area is 176 Å². The smallest absolute Gasteiger partial charge is 0.239 e. The minimum atomic E-state index is -0.290. The number of nitrogens with one attached hydrogen (secondary N) is 2. The van der Waals surface area contributed by atoms with E-state index in [1.807, 2.05) is 36.4 Å². The van der Waals surface area contributed by atoms with Gasteiger partial charge in [0.2, 0.25) is 11.9 Å². The summed E-state index contributed by atoms with van der Waals surface area (Å²) in [6.07, 6.45) is 1.61. The molecule has 10 heteroatoms. The molecule has 4 aromatic rings. The predicted molar refractivity (Wildman–Crippen MR) is 117 cm³/mol. The minimum Gasteiger partial charge on any atom is -0.497 e. The van der Waals surface area contributed by atoms with Gasteiger partial charge in [0.1, 0.15) is 18.0 Å². The summed E-state index contributed by atoms with van der Waals surface area (Å²) >= 11 is 5.57. The summed E-state index contributed by atoms with van der Waals surface area (Å²) < 4.78 is 6.93. The van der Waals surface area contributed by atoms with Crippen LogP contribution in [0.3, 0.4) is 0 Å². The van der Waals surface area contributed by atoms with Crippen LogP contribution in [0.1, 0.15) is 0 Å². The fourth-order valence-corrected chi connectivity index (χ4v) is 2.96. The Kier molecular flexibility index (Phi) is 5.36. The maximum absolute atomic E-state index is 11.6. The summed E-state index contributed by atoms with van der Waals surface area (Å²) in [5.41, 5.74) is 9.25. The van der Waals surface area contributed by atoms with Crippen LogP contribution in [-0.2, 0) is 4.79 Å². The van der Waals surface area contributed by atoms with Crippen LogP contribution in [0, 0.1) is 0 Å². The van der Waals surface area contributed by atoms with Gasteiger partial charge in [0, 0.05) is 11.4 Å². The molecule has 0 aliphatic heterocycles. The SMILES string of the molecule is COc1ccc(Nc2nc(N)c3ncn(-c4cccc(NC(=O)CCl)c4)c3n2)cc1. The number of methoxy groups -OCH3 is 1. The molecule has 152 valence electrons. The van der Waals surface area contributed by atoms with Crippen LogP contribution < -0.4 is 21.1 Å². The van der Waals surface area contributed by atoms with Gasteiger partial charge in [-0.05, 0) is 42.5 Å². The van der Waals surface area contributed by atoms with Crippen LogP contribution in [-0.4, -0.2) is 38.4 Å². The van der Waals surface area contributed by atoms with Gasteiger partial charge in [-0.15, -0.1) is 11.6 Å². The Hall–Kier alpha value is -3.85. The number of alkyl halides is 1. The second-order valence-electron chi connectivity index (χ2n) is 6.30. The summed E-state index contributed by atoms with van der Waals surface area (Å²) in [4.78, 5) is 24.8. The quantitative estimate of drug-likeness (QED) is 0.407. The number of carbonyl (C=O) groups is 1. The molecule has 0 atom stereocenters. The number of hydrogen-bond donors (Lipinski definition) is 3. The number of nitrogens with two attached hydrogens (primary N) is 1. The fourth-order valence-electron chi connectivity index (χ4n) is 2.90. The van der Waals surface area contributed by atoms with Crippen molar-refractivity contribution in [2.24, 2.45) is 0 Å². The van der Waals surface area contributed by atoms with Gasteiger partial charge in [0.25, 0.3) is 0 Å². The van der Waals surface area contributed by atoms with E-state index in [2.05, 4.69) is 25.6 Å². The number of halogens is 1. The van der Waals surface area contributed by atoms with Gasteiger partial charge in [0.15, 0.2) is 17.0 Å². The molecule has 1 amide bonds. The summed E-state index contributed by atoms with van der Waals surface area (Å²) in [5, 5.41) is 5.85. The molecule has 30 heavy (non-hydrogen) atoms. The number of imidazole rings is 1. The molecule has 0 bridgehead atoms. The van der Waals surface area contributed by atoms with Crippen LogP contribution in [0.2, 0.25) is 0 Å². The number of amides is 1. The molecular formula is C20H18ClN7O2.